The number of anilines is 1. The molecular weight excluding hydrogens is 413 g/mol. The third-order valence-electron chi connectivity index (χ3n) is 4.81. The molecule has 1 aromatic heterocycles. The van der Waals surface area contributed by atoms with E-state index < -0.39 is 34.9 Å². The van der Waals surface area contributed by atoms with Gasteiger partial charge in [-0.25, -0.2) is 4.39 Å². The topological polar surface area (TPSA) is 66.5 Å². The van der Waals surface area contributed by atoms with E-state index in [1.54, 1.807) is 10.8 Å². The zero-order valence-electron chi connectivity index (χ0n) is 14.4. The van der Waals surface area contributed by atoms with Crippen molar-refractivity contribution in [2.75, 3.05) is 5.73 Å². The molecule has 29 heavy (non-hydrogen) atoms. The van der Waals surface area contributed by atoms with Crippen molar-refractivity contribution in [2.45, 2.75) is 12.6 Å². The summed E-state index contributed by atoms with van der Waals surface area (Å²) in [5.41, 5.74) is 5.36. The molecule has 9 heteroatoms. The summed E-state index contributed by atoms with van der Waals surface area (Å²) < 4.78 is 69.3. The van der Waals surface area contributed by atoms with Crippen molar-refractivity contribution in [1.29, 1.82) is 0 Å². The lowest BCUT2D eigenvalue weighted by molar-refractivity contribution is -0.138. The standard InChI is InChI=1S/C20H12F5NO2S/c21-18-9(1-2-16(28)19(18)22)12-5-10-11(17(12)13-6-29-7-15(13)26)3-8(27)4-14(10)20(23,24)25/h1-4,6-7,27-28H,5,26H2. The number of benzene rings is 2. The molecule has 0 atom stereocenters. The molecule has 0 unspecified atom stereocenters. The lowest BCUT2D eigenvalue weighted by Gasteiger charge is -2.14. The molecule has 1 aliphatic rings. The van der Waals surface area contributed by atoms with Crippen LogP contribution in [0.15, 0.2) is 35.0 Å². The maximum Gasteiger partial charge on any atom is 0.416 e. The Balaban J connectivity index is 2.06. The highest BCUT2D eigenvalue weighted by Crippen LogP contribution is 2.50. The van der Waals surface area contributed by atoms with Crippen molar-refractivity contribution in [3.8, 4) is 11.5 Å². The predicted molar refractivity (Wildman–Crippen MR) is 99.5 cm³/mol. The highest BCUT2D eigenvalue weighted by molar-refractivity contribution is 7.08. The smallest absolute Gasteiger partial charge is 0.416 e. The maximum absolute atomic E-state index is 14.6. The molecule has 1 aliphatic carbocycles. The first-order chi connectivity index (χ1) is 13.6. The van der Waals surface area contributed by atoms with Crippen molar-refractivity contribution in [1.82, 2.24) is 0 Å². The van der Waals surface area contributed by atoms with Gasteiger partial charge in [-0.1, -0.05) is 0 Å². The number of nitrogens with two attached hydrogens (primary N) is 1. The average Bonchev–Trinajstić information content (AvgIpc) is 3.21. The van der Waals surface area contributed by atoms with Gasteiger partial charge in [0, 0.05) is 21.9 Å². The molecule has 3 aromatic rings. The molecule has 3 nitrogen and oxygen atoms in total. The van der Waals surface area contributed by atoms with Crippen LogP contribution in [-0.4, -0.2) is 10.2 Å². The van der Waals surface area contributed by atoms with Crippen LogP contribution in [0.4, 0.5) is 27.6 Å². The van der Waals surface area contributed by atoms with Crippen LogP contribution in [0.1, 0.15) is 27.8 Å². The number of nitrogen functional groups attached to an aromatic ring is 1. The predicted octanol–water partition coefficient (Wildman–Crippen LogP) is 5.55. The van der Waals surface area contributed by atoms with Gasteiger partial charge in [-0.3, -0.25) is 0 Å². The van der Waals surface area contributed by atoms with Crippen LogP contribution in [0.3, 0.4) is 0 Å². The van der Waals surface area contributed by atoms with Gasteiger partial charge in [0.1, 0.15) is 5.75 Å². The molecule has 1 heterocycles. The average molecular weight is 425 g/mol. The van der Waals surface area contributed by atoms with E-state index in [0.717, 1.165) is 18.2 Å². The number of aromatic hydroxyl groups is 2. The molecule has 0 saturated heterocycles. The number of halogens is 5. The first-order valence-corrected chi connectivity index (χ1v) is 9.19. The van der Waals surface area contributed by atoms with Gasteiger partial charge in [-0.2, -0.15) is 17.6 Å². The molecule has 0 aliphatic heterocycles. The van der Waals surface area contributed by atoms with Gasteiger partial charge in [0.2, 0.25) is 5.82 Å². The van der Waals surface area contributed by atoms with Crippen molar-refractivity contribution < 1.29 is 32.2 Å². The number of fused-ring (bicyclic) bond motifs is 1. The molecular formula is C20H12F5NO2S. The minimum Gasteiger partial charge on any atom is -0.508 e. The first kappa shape index (κ1) is 19.3. The van der Waals surface area contributed by atoms with Crippen LogP contribution in [0.25, 0.3) is 11.1 Å². The molecule has 0 amide bonds. The summed E-state index contributed by atoms with van der Waals surface area (Å²) in [5, 5.41) is 22.4. The second-order valence-corrected chi connectivity index (χ2v) is 7.29. The number of phenols is 2. The molecule has 4 N–H and O–H groups in total. The molecule has 0 bridgehead atoms. The fraction of sp³-hybridized carbons (Fsp3) is 0.100. The number of thiophene rings is 1. The summed E-state index contributed by atoms with van der Waals surface area (Å²) >= 11 is 1.20. The third kappa shape index (κ3) is 3.02. The van der Waals surface area contributed by atoms with Crippen molar-refractivity contribution >= 4 is 28.2 Å². The summed E-state index contributed by atoms with van der Waals surface area (Å²) in [6.45, 7) is 0. The number of alkyl halides is 3. The highest BCUT2D eigenvalue weighted by atomic mass is 32.1. The zero-order chi connectivity index (χ0) is 21.1. The van der Waals surface area contributed by atoms with Crippen LogP contribution >= 0.6 is 11.3 Å². The lowest BCUT2D eigenvalue weighted by Crippen LogP contribution is -2.09. The number of hydrogen-bond acceptors (Lipinski definition) is 4. The normalized spacial score (nSPS) is 13.8. The first-order valence-electron chi connectivity index (χ1n) is 8.25. The lowest BCUT2D eigenvalue weighted by atomic mass is 9.94. The van der Waals surface area contributed by atoms with Gasteiger partial charge >= 0.3 is 6.18 Å². The number of hydrogen-bond donors (Lipinski definition) is 3. The minimum absolute atomic E-state index is 0.0466. The Labute approximate surface area is 165 Å². The molecule has 150 valence electrons. The fourth-order valence-electron chi connectivity index (χ4n) is 3.57. The molecule has 4 rings (SSSR count). The molecule has 0 radical (unpaired) electrons. The van der Waals surface area contributed by atoms with Crippen molar-refractivity contribution in [3.05, 3.63) is 74.5 Å². The number of rotatable bonds is 2. The highest BCUT2D eigenvalue weighted by Gasteiger charge is 2.39. The van der Waals surface area contributed by atoms with E-state index in [1.165, 1.54) is 11.3 Å². The number of allylic oxidation sites excluding steroid dienone is 1. The Morgan fingerprint density at radius 2 is 1.66 bits per heavy atom. The summed E-state index contributed by atoms with van der Waals surface area (Å²) in [6.07, 6.45) is -5.11. The van der Waals surface area contributed by atoms with Crippen LogP contribution < -0.4 is 5.73 Å². The van der Waals surface area contributed by atoms with E-state index in [0.29, 0.717) is 11.6 Å². The quantitative estimate of drug-likeness (QED) is 0.472. The molecule has 2 aromatic carbocycles. The van der Waals surface area contributed by atoms with Gasteiger partial charge < -0.3 is 15.9 Å². The monoisotopic (exact) mass is 425 g/mol. The van der Waals surface area contributed by atoms with Crippen LogP contribution in [0.2, 0.25) is 0 Å². The maximum atomic E-state index is 14.6. The van der Waals surface area contributed by atoms with E-state index in [2.05, 4.69) is 0 Å². The van der Waals surface area contributed by atoms with Crippen LogP contribution in [0, 0.1) is 11.6 Å². The SMILES string of the molecule is Nc1cscc1C1=C(c2ccc(O)c(F)c2F)Cc2c1cc(O)cc2C(F)(F)F. The second kappa shape index (κ2) is 6.48. The van der Waals surface area contributed by atoms with Gasteiger partial charge in [-0.05, 0) is 53.0 Å². The van der Waals surface area contributed by atoms with E-state index in [1.807, 2.05) is 0 Å². The van der Waals surface area contributed by atoms with Gasteiger partial charge in [0.15, 0.2) is 11.6 Å². The second-order valence-electron chi connectivity index (χ2n) is 6.55. The third-order valence-corrected chi connectivity index (χ3v) is 5.57. The largest absolute Gasteiger partial charge is 0.508 e. The van der Waals surface area contributed by atoms with Gasteiger partial charge in [0.25, 0.3) is 0 Å². The Bertz CT molecular complexity index is 1180. The van der Waals surface area contributed by atoms with Crippen molar-refractivity contribution in [3.63, 3.8) is 0 Å². The number of phenolic OH excluding ortho intramolecular Hbond substituents is 2. The fourth-order valence-corrected chi connectivity index (χ4v) is 4.30. The molecule has 0 spiro atoms. The summed E-state index contributed by atoms with van der Waals surface area (Å²) in [7, 11) is 0. The van der Waals surface area contributed by atoms with Crippen LogP contribution in [-0.2, 0) is 12.6 Å². The summed E-state index contributed by atoms with van der Waals surface area (Å²) in [6, 6.07) is 3.79. The van der Waals surface area contributed by atoms with Gasteiger partial charge in [-0.15, -0.1) is 11.3 Å². The minimum atomic E-state index is -4.76. The van der Waals surface area contributed by atoms with E-state index >= 15 is 0 Å². The summed E-state index contributed by atoms with van der Waals surface area (Å²) in [5.74, 6) is -4.40. The molecule has 0 saturated carbocycles. The van der Waals surface area contributed by atoms with Crippen molar-refractivity contribution in [2.24, 2.45) is 0 Å². The Hall–Kier alpha value is -3.07. The van der Waals surface area contributed by atoms with E-state index in [4.69, 9.17) is 5.73 Å². The van der Waals surface area contributed by atoms with E-state index in [9.17, 15) is 32.2 Å². The zero-order valence-corrected chi connectivity index (χ0v) is 15.3. The molecule has 0 fully saturated rings. The van der Waals surface area contributed by atoms with Gasteiger partial charge in [0.05, 0.1) is 11.3 Å². The van der Waals surface area contributed by atoms with Crippen LogP contribution in [0.5, 0.6) is 11.5 Å². The Morgan fingerprint density at radius 1 is 0.931 bits per heavy atom. The van der Waals surface area contributed by atoms with E-state index in [-0.39, 0.29) is 39.9 Å². The summed E-state index contributed by atoms with van der Waals surface area (Å²) in [4.78, 5) is 0. The Morgan fingerprint density at radius 3 is 2.28 bits per heavy atom. The Kier molecular flexibility index (Phi) is 4.30.